The molecule has 2 fully saturated rings. The van der Waals surface area contributed by atoms with Crippen molar-refractivity contribution in [3.8, 4) is 0 Å². The van der Waals surface area contributed by atoms with E-state index < -0.39 is 0 Å². The Morgan fingerprint density at radius 2 is 2.08 bits per heavy atom. The van der Waals surface area contributed by atoms with Gasteiger partial charge in [-0.05, 0) is 26.2 Å². The van der Waals surface area contributed by atoms with E-state index in [9.17, 15) is 9.59 Å². The molecule has 1 N–H and O–H groups in total. The number of hydrogen-bond donors (Lipinski definition) is 1. The Hall–Kier alpha value is -2.02. The van der Waals surface area contributed by atoms with E-state index in [1.807, 2.05) is 13.8 Å². The van der Waals surface area contributed by atoms with Gasteiger partial charge in [-0.25, -0.2) is 9.97 Å². The summed E-state index contributed by atoms with van der Waals surface area (Å²) in [5.74, 6) is 0.150. The Balaban J connectivity index is 1.69. The standard InChI is InChI=1S/C18H26N4O3/c1-10(2)6-19-17(23)14-5-13-7-22(8-15(14)25-13)18(24)16-11(3)12(4)20-9-21-16/h9-10,13-15H,5-8H2,1-4H3,(H,19,23). The first-order valence-corrected chi connectivity index (χ1v) is 8.87. The van der Waals surface area contributed by atoms with Gasteiger partial charge in [0.15, 0.2) is 0 Å². The molecule has 25 heavy (non-hydrogen) atoms. The van der Waals surface area contributed by atoms with E-state index in [1.165, 1.54) is 6.33 Å². The van der Waals surface area contributed by atoms with Gasteiger partial charge in [0.25, 0.3) is 5.91 Å². The van der Waals surface area contributed by atoms with Crippen molar-refractivity contribution in [3.05, 3.63) is 23.3 Å². The van der Waals surface area contributed by atoms with Crippen LogP contribution in [0.1, 0.15) is 42.0 Å². The lowest BCUT2D eigenvalue weighted by molar-refractivity contribution is -0.127. The number of likely N-dealkylation sites (tertiary alicyclic amines) is 1. The fourth-order valence-electron chi connectivity index (χ4n) is 3.44. The molecule has 1 aromatic heterocycles. The van der Waals surface area contributed by atoms with Crippen LogP contribution in [-0.2, 0) is 9.53 Å². The van der Waals surface area contributed by atoms with Crippen LogP contribution in [0.15, 0.2) is 6.33 Å². The summed E-state index contributed by atoms with van der Waals surface area (Å²) in [6, 6.07) is 0. The first-order chi connectivity index (χ1) is 11.9. The number of carbonyl (C=O) groups excluding carboxylic acids is 2. The van der Waals surface area contributed by atoms with Crippen LogP contribution >= 0.6 is 0 Å². The largest absolute Gasteiger partial charge is 0.370 e. The quantitative estimate of drug-likeness (QED) is 0.882. The molecule has 0 saturated carbocycles. The maximum Gasteiger partial charge on any atom is 0.273 e. The Morgan fingerprint density at radius 3 is 2.80 bits per heavy atom. The lowest BCUT2D eigenvalue weighted by Crippen LogP contribution is -2.48. The highest BCUT2D eigenvalue weighted by atomic mass is 16.5. The van der Waals surface area contributed by atoms with Gasteiger partial charge >= 0.3 is 0 Å². The minimum absolute atomic E-state index is 0.0320. The van der Waals surface area contributed by atoms with Crippen LogP contribution in [-0.4, -0.2) is 58.5 Å². The summed E-state index contributed by atoms with van der Waals surface area (Å²) in [6.07, 6.45) is 1.77. The molecule has 2 saturated heterocycles. The van der Waals surface area contributed by atoms with Crippen molar-refractivity contribution < 1.29 is 14.3 Å². The number of aryl methyl sites for hydroxylation is 1. The average Bonchev–Trinajstić information content (AvgIpc) is 2.88. The molecular formula is C18H26N4O3. The number of nitrogens with one attached hydrogen (secondary N) is 1. The second kappa shape index (κ2) is 7.07. The Bertz CT molecular complexity index is 676. The van der Waals surface area contributed by atoms with Crippen molar-refractivity contribution in [1.82, 2.24) is 20.2 Å². The molecule has 3 heterocycles. The number of carbonyl (C=O) groups is 2. The summed E-state index contributed by atoms with van der Waals surface area (Å²) >= 11 is 0. The smallest absolute Gasteiger partial charge is 0.273 e. The predicted molar refractivity (Wildman–Crippen MR) is 92.0 cm³/mol. The van der Waals surface area contributed by atoms with Gasteiger partial charge in [0.05, 0.1) is 18.1 Å². The number of rotatable bonds is 4. The first-order valence-electron chi connectivity index (χ1n) is 8.87. The third-order valence-electron chi connectivity index (χ3n) is 5.00. The number of aromatic nitrogens is 2. The summed E-state index contributed by atoms with van der Waals surface area (Å²) in [4.78, 5) is 35.3. The third-order valence-corrected chi connectivity index (χ3v) is 5.00. The summed E-state index contributed by atoms with van der Waals surface area (Å²) < 4.78 is 5.92. The molecule has 3 rings (SSSR count). The van der Waals surface area contributed by atoms with Gasteiger partial charge in [-0.2, -0.15) is 0 Å². The zero-order chi connectivity index (χ0) is 18.1. The minimum Gasteiger partial charge on any atom is -0.370 e. The van der Waals surface area contributed by atoms with Crippen molar-refractivity contribution in [3.63, 3.8) is 0 Å². The van der Waals surface area contributed by atoms with Crippen molar-refractivity contribution >= 4 is 11.8 Å². The second-order valence-electron chi connectivity index (χ2n) is 7.42. The molecule has 2 aliphatic heterocycles. The predicted octanol–water partition coefficient (Wildman–Crippen LogP) is 1.10. The molecule has 2 amide bonds. The molecule has 136 valence electrons. The highest BCUT2D eigenvalue weighted by Crippen LogP contribution is 2.32. The van der Waals surface area contributed by atoms with E-state index in [0.29, 0.717) is 37.7 Å². The zero-order valence-electron chi connectivity index (χ0n) is 15.3. The lowest BCUT2D eigenvalue weighted by atomic mass is 9.99. The fraction of sp³-hybridized carbons (Fsp3) is 0.667. The number of nitrogens with zero attached hydrogens (tertiary/aromatic N) is 3. The van der Waals surface area contributed by atoms with Crippen molar-refractivity contribution in [2.75, 3.05) is 19.6 Å². The lowest BCUT2D eigenvalue weighted by Gasteiger charge is -2.32. The molecule has 0 radical (unpaired) electrons. The molecule has 0 aromatic carbocycles. The highest BCUT2D eigenvalue weighted by Gasteiger charge is 2.46. The summed E-state index contributed by atoms with van der Waals surface area (Å²) in [7, 11) is 0. The normalized spacial score (nSPS) is 25.3. The van der Waals surface area contributed by atoms with Gasteiger partial charge in [-0.15, -0.1) is 0 Å². The van der Waals surface area contributed by atoms with Crippen molar-refractivity contribution in [2.45, 2.75) is 46.3 Å². The van der Waals surface area contributed by atoms with Crippen LogP contribution in [0.3, 0.4) is 0 Å². The van der Waals surface area contributed by atoms with Crippen LogP contribution in [0.2, 0.25) is 0 Å². The molecule has 0 spiro atoms. The number of morpholine rings is 1. The Labute approximate surface area is 148 Å². The number of ether oxygens (including phenoxy) is 1. The van der Waals surface area contributed by atoms with Crippen LogP contribution in [0.4, 0.5) is 0 Å². The first kappa shape index (κ1) is 17.8. The van der Waals surface area contributed by atoms with E-state index in [4.69, 9.17) is 4.74 Å². The van der Waals surface area contributed by atoms with Crippen LogP contribution in [0.25, 0.3) is 0 Å². The fourth-order valence-corrected chi connectivity index (χ4v) is 3.44. The summed E-state index contributed by atoms with van der Waals surface area (Å²) in [6.45, 7) is 9.45. The van der Waals surface area contributed by atoms with Gasteiger partial charge in [-0.3, -0.25) is 9.59 Å². The van der Waals surface area contributed by atoms with Crippen LogP contribution in [0, 0.1) is 25.7 Å². The van der Waals surface area contributed by atoms with Crippen molar-refractivity contribution in [2.24, 2.45) is 11.8 Å². The molecule has 0 aliphatic carbocycles. The molecule has 3 unspecified atom stereocenters. The molecule has 1 aromatic rings. The monoisotopic (exact) mass is 346 g/mol. The van der Waals surface area contributed by atoms with Crippen LogP contribution < -0.4 is 5.32 Å². The van der Waals surface area contributed by atoms with Gasteiger partial charge in [0.1, 0.15) is 12.0 Å². The molecular weight excluding hydrogens is 320 g/mol. The number of fused-ring (bicyclic) bond motifs is 2. The van der Waals surface area contributed by atoms with Crippen LogP contribution in [0.5, 0.6) is 0 Å². The SMILES string of the molecule is Cc1ncnc(C(=O)N2CC3CC(C(=O)NCC(C)C)C(C2)O3)c1C. The molecule has 3 atom stereocenters. The highest BCUT2D eigenvalue weighted by molar-refractivity contribution is 5.94. The maximum absolute atomic E-state index is 12.9. The Kier molecular flexibility index (Phi) is 5.03. The molecule has 2 aliphatic rings. The van der Waals surface area contributed by atoms with E-state index in [0.717, 1.165) is 11.3 Å². The van der Waals surface area contributed by atoms with E-state index >= 15 is 0 Å². The van der Waals surface area contributed by atoms with E-state index in [1.54, 1.807) is 4.90 Å². The zero-order valence-corrected chi connectivity index (χ0v) is 15.3. The molecule has 7 nitrogen and oxygen atoms in total. The summed E-state index contributed by atoms with van der Waals surface area (Å²) in [5, 5.41) is 2.99. The molecule has 7 heteroatoms. The topological polar surface area (TPSA) is 84.4 Å². The Morgan fingerprint density at radius 1 is 1.32 bits per heavy atom. The molecule has 2 bridgehead atoms. The van der Waals surface area contributed by atoms with Crippen molar-refractivity contribution in [1.29, 1.82) is 0 Å². The summed E-state index contributed by atoms with van der Waals surface area (Å²) in [5.41, 5.74) is 2.05. The second-order valence-corrected chi connectivity index (χ2v) is 7.42. The average molecular weight is 346 g/mol. The van der Waals surface area contributed by atoms with Gasteiger partial charge in [0, 0.05) is 30.9 Å². The van der Waals surface area contributed by atoms with E-state index in [-0.39, 0.29) is 29.9 Å². The maximum atomic E-state index is 12.9. The van der Waals surface area contributed by atoms with Gasteiger partial charge in [-0.1, -0.05) is 13.8 Å². The number of hydrogen-bond acceptors (Lipinski definition) is 5. The van der Waals surface area contributed by atoms with E-state index in [2.05, 4.69) is 29.1 Å². The third kappa shape index (κ3) is 3.66. The number of amides is 2. The van der Waals surface area contributed by atoms with Gasteiger partial charge in [0.2, 0.25) is 5.91 Å². The van der Waals surface area contributed by atoms with Gasteiger partial charge < -0.3 is 15.0 Å². The minimum atomic E-state index is -0.238.